The van der Waals surface area contributed by atoms with Gasteiger partial charge in [0.15, 0.2) is 0 Å². The third-order valence-corrected chi connectivity index (χ3v) is 5.73. The fraction of sp³-hybridized carbons (Fsp3) is 0.435. The zero-order valence-corrected chi connectivity index (χ0v) is 17.5. The maximum atomic E-state index is 10.4. The van der Waals surface area contributed by atoms with Gasteiger partial charge in [-0.3, -0.25) is 9.69 Å². The van der Waals surface area contributed by atoms with Crippen LogP contribution < -0.4 is 4.90 Å². The van der Waals surface area contributed by atoms with Gasteiger partial charge < -0.3 is 9.64 Å². The topological polar surface area (TPSA) is 63.5 Å². The number of unbranched alkanes of at least 4 members (excludes halogenated alkanes) is 1. The fourth-order valence-corrected chi connectivity index (χ4v) is 4.05. The fourth-order valence-electron chi connectivity index (χ4n) is 4.05. The molecule has 1 fully saturated rings. The highest BCUT2D eigenvalue weighted by molar-refractivity contribution is 5.75. The molecule has 30 heavy (non-hydrogen) atoms. The van der Waals surface area contributed by atoms with Crippen LogP contribution in [0.1, 0.15) is 24.0 Å². The van der Waals surface area contributed by atoms with Gasteiger partial charge in [0.05, 0.1) is 5.52 Å². The largest absolute Gasteiger partial charge is 0.463 e. The molecular formula is C23H29N5O2. The van der Waals surface area contributed by atoms with Crippen LogP contribution in [0, 0.1) is 6.92 Å². The van der Waals surface area contributed by atoms with E-state index in [0.717, 1.165) is 68.7 Å². The van der Waals surface area contributed by atoms with Crippen LogP contribution in [-0.2, 0) is 22.7 Å². The Bertz CT molecular complexity index is 979. The predicted octanol–water partition coefficient (Wildman–Crippen LogP) is 3.02. The Morgan fingerprint density at radius 1 is 1.03 bits per heavy atom. The Morgan fingerprint density at radius 2 is 1.87 bits per heavy atom. The quantitative estimate of drug-likeness (QED) is 0.401. The number of carbonyl (C=O) groups is 1. The lowest BCUT2D eigenvalue weighted by Crippen LogP contribution is -2.46. The van der Waals surface area contributed by atoms with E-state index in [4.69, 9.17) is 4.74 Å². The number of aromatic nitrogens is 3. The number of carbonyl (C=O) groups excluding carboxylic acids is 1. The first-order valence-corrected chi connectivity index (χ1v) is 10.6. The highest BCUT2D eigenvalue weighted by Gasteiger charge is 2.17. The molecule has 158 valence electrons. The second kappa shape index (κ2) is 9.71. The van der Waals surface area contributed by atoms with Crippen LogP contribution in [0.4, 0.5) is 5.69 Å². The number of hydrogen-bond donors (Lipinski definition) is 0. The average molecular weight is 408 g/mol. The van der Waals surface area contributed by atoms with E-state index < -0.39 is 0 Å². The van der Waals surface area contributed by atoms with Gasteiger partial charge in [-0.05, 0) is 61.7 Å². The molecular weight excluding hydrogens is 378 g/mol. The van der Waals surface area contributed by atoms with Crippen LogP contribution in [0.3, 0.4) is 0 Å². The van der Waals surface area contributed by atoms with E-state index in [1.54, 1.807) is 0 Å². The summed E-state index contributed by atoms with van der Waals surface area (Å²) in [5, 5.41) is 8.53. The minimum atomic E-state index is 0.277. The molecule has 0 aliphatic carbocycles. The summed E-state index contributed by atoms with van der Waals surface area (Å²) in [7, 11) is 0. The van der Waals surface area contributed by atoms with E-state index in [1.165, 1.54) is 11.3 Å². The van der Waals surface area contributed by atoms with Gasteiger partial charge in [-0.25, -0.2) is 4.68 Å². The summed E-state index contributed by atoms with van der Waals surface area (Å²) in [4.78, 5) is 15.4. The standard InChI is InChI=1S/C23H29N5O2/c1-19-5-4-6-21(15-19)27-13-11-26(12-14-27)9-2-3-10-28-23-16-20(17-30-18-29)7-8-22(23)24-25-28/h4-8,15-16,18H,2-3,9-14,17H2,1H3. The Balaban J connectivity index is 1.22. The first-order valence-electron chi connectivity index (χ1n) is 10.6. The summed E-state index contributed by atoms with van der Waals surface area (Å²) in [6, 6.07) is 14.6. The number of piperazine rings is 1. The number of fused-ring (bicyclic) bond motifs is 1. The van der Waals surface area contributed by atoms with Crippen molar-refractivity contribution in [3.63, 3.8) is 0 Å². The van der Waals surface area contributed by atoms with Crippen molar-refractivity contribution in [3.8, 4) is 0 Å². The van der Waals surface area contributed by atoms with Crippen molar-refractivity contribution in [2.75, 3.05) is 37.6 Å². The molecule has 1 saturated heterocycles. The molecule has 0 bridgehead atoms. The zero-order valence-electron chi connectivity index (χ0n) is 17.5. The summed E-state index contributed by atoms with van der Waals surface area (Å²) in [6.45, 7) is 9.26. The molecule has 7 nitrogen and oxygen atoms in total. The molecule has 1 aliphatic rings. The maximum Gasteiger partial charge on any atom is 0.293 e. The number of anilines is 1. The third kappa shape index (κ3) is 4.97. The molecule has 0 atom stereocenters. The van der Waals surface area contributed by atoms with Gasteiger partial charge in [-0.15, -0.1) is 5.10 Å². The predicted molar refractivity (Wildman–Crippen MR) is 117 cm³/mol. The van der Waals surface area contributed by atoms with Crippen molar-refractivity contribution in [2.45, 2.75) is 32.9 Å². The molecule has 0 radical (unpaired) electrons. The van der Waals surface area contributed by atoms with Crippen LogP contribution in [-0.4, -0.2) is 59.1 Å². The number of benzene rings is 2. The van der Waals surface area contributed by atoms with Gasteiger partial charge in [-0.2, -0.15) is 0 Å². The zero-order chi connectivity index (χ0) is 20.8. The summed E-state index contributed by atoms with van der Waals surface area (Å²) >= 11 is 0. The molecule has 7 heteroatoms. The molecule has 0 N–H and O–H groups in total. The molecule has 0 spiro atoms. The molecule has 2 aromatic carbocycles. The lowest BCUT2D eigenvalue weighted by Gasteiger charge is -2.36. The van der Waals surface area contributed by atoms with E-state index >= 15 is 0 Å². The maximum absolute atomic E-state index is 10.4. The van der Waals surface area contributed by atoms with Crippen molar-refractivity contribution in [1.82, 2.24) is 19.9 Å². The minimum absolute atomic E-state index is 0.277. The van der Waals surface area contributed by atoms with Gasteiger partial charge in [0.2, 0.25) is 0 Å². The minimum Gasteiger partial charge on any atom is -0.463 e. The Morgan fingerprint density at radius 3 is 2.67 bits per heavy atom. The Kier molecular flexibility index (Phi) is 6.59. The number of hydrogen-bond acceptors (Lipinski definition) is 6. The van der Waals surface area contributed by atoms with Gasteiger partial charge in [0.25, 0.3) is 6.47 Å². The van der Waals surface area contributed by atoms with E-state index in [-0.39, 0.29) is 6.61 Å². The number of nitrogens with zero attached hydrogens (tertiary/aromatic N) is 5. The Labute approximate surface area is 177 Å². The molecule has 0 amide bonds. The van der Waals surface area contributed by atoms with Gasteiger partial charge in [0, 0.05) is 38.4 Å². The van der Waals surface area contributed by atoms with Crippen LogP contribution >= 0.6 is 0 Å². The average Bonchev–Trinajstić information content (AvgIpc) is 3.18. The van der Waals surface area contributed by atoms with E-state index in [1.807, 2.05) is 22.9 Å². The molecule has 4 rings (SSSR count). The third-order valence-electron chi connectivity index (χ3n) is 5.73. The van der Waals surface area contributed by atoms with Crippen LogP contribution in [0.2, 0.25) is 0 Å². The van der Waals surface area contributed by atoms with E-state index in [0.29, 0.717) is 6.47 Å². The highest BCUT2D eigenvalue weighted by Crippen LogP contribution is 2.18. The SMILES string of the molecule is Cc1cccc(N2CCN(CCCCn3nnc4ccc(COC=O)cc43)CC2)c1. The Hall–Kier alpha value is -2.93. The van der Waals surface area contributed by atoms with Crippen LogP contribution in [0.25, 0.3) is 11.0 Å². The lowest BCUT2D eigenvalue weighted by molar-refractivity contribution is -0.129. The lowest BCUT2D eigenvalue weighted by atomic mass is 10.2. The smallest absolute Gasteiger partial charge is 0.293 e. The number of rotatable bonds is 9. The highest BCUT2D eigenvalue weighted by atomic mass is 16.5. The second-order valence-electron chi connectivity index (χ2n) is 7.92. The monoisotopic (exact) mass is 407 g/mol. The molecule has 3 aromatic rings. The van der Waals surface area contributed by atoms with Crippen molar-refractivity contribution in [2.24, 2.45) is 0 Å². The molecule has 2 heterocycles. The van der Waals surface area contributed by atoms with Crippen LogP contribution in [0.5, 0.6) is 0 Å². The summed E-state index contributed by atoms with van der Waals surface area (Å²) in [6.07, 6.45) is 2.20. The second-order valence-corrected chi connectivity index (χ2v) is 7.92. The molecule has 1 aromatic heterocycles. The van der Waals surface area contributed by atoms with Crippen molar-refractivity contribution >= 4 is 23.2 Å². The normalized spacial score (nSPS) is 14.9. The van der Waals surface area contributed by atoms with Crippen LogP contribution in [0.15, 0.2) is 42.5 Å². The molecule has 1 aliphatic heterocycles. The van der Waals surface area contributed by atoms with E-state index in [2.05, 4.69) is 51.3 Å². The number of ether oxygens (including phenoxy) is 1. The summed E-state index contributed by atoms with van der Waals surface area (Å²) in [5.74, 6) is 0. The summed E-state index contributed by atoms with van der Waals surface area (Å²) in [5.41, 5.74) is 5.47. The van der Waals surface area contributed by atoms with Crippen molar-refractivity contribution < 1.29 is 9.53 Å². The van der Waals surface area contributed by atoms with Crippen molar-refractivity contribution in [3.05, 3.63) is 53.6 Å². The first kappa shape index (κ1) is 20.3. The molecule has 0 unspecified atom stereocenters. The number of aryl methyl sites for hydroxylation is 2. The van der Waals surface area contributed by atoms with E-state index in [9.17, 15) is 4.79 Å². The molecule has 0 saturated carbocycles. The summed E-state index contributed by atoms with van der Waals surface area (Å²) < 4.78 is 6.81. The van der Waals surface area contributed by atoms with Gasteiger partial charge in [0.1, 0.15) is 12.1 Å². The van der Waals surface area contributed by atoms with Crippen molar-refractivity contribution in [1.29, 1.82) is 0 Å². The van der Waals surface area contributed by atoms with Gasteiger partial charge in [-0.1, -0.05) is 23.4 Å². The first-order chi connectivity index (χ1) is 14.7. The van der Waals surface area contributed by atoms with Gasteiger partial charge >= 0.3 is 0 Å².